The smallest absolute Gasteiger partial charge is 0.417 e. The number of nitrogens with zero attached hydrogens (tertiary/aromatic N) is 3. The van der Waals surface area contributed by atoms with E-state index in [0.29, 0.717) is 48.9 Å². The van der Waals surface area contributed by atoms with Crippen molar-refractivity contribution in [2.45, 2.75) is 31.0 Å². The number of aromatic carboxylic acids is 1. The molecule has 2 aliphatic heterocycles. The third kappa shape index (κ3) is 4.98. The fourth-order valence-electron chi connectivity index (χ4n) is 5.37. The van der Waals surface area contributed by atoms with Crippen molar-refractivity contribution in [1.29, 1.82) is 0 Å². The van der Waals surface area contributed by atoms with Crippen LogP contribution in [0.2, 0.25) is 0 Å². The zero-order chi connectivity index (χ0) is 29.0. The number of alkyl halides is 3. The minimum absolute atomic E-state index is 0.0119. The molecule has 0 atom stereocenters. The molecule has 3 fully saturated rings. The summed E-state index contributed by atoms with van der Waals surface area (Å²) in [4.78, 5) is 18.0. The van der Waals surface area contributed by atoms with Crippen LogP contribution in [0, 0.1) is 5.92 Å². The number of benzene rings is 2. The number of hydrogen-bond acceptors (Lipinski definition) is 7. The molecule has 1 N–H and O–H groups in total. The Morgan fingerprint density at radius 2 is 1.88 bits per heavy atom. The van der Waals surface area contributed by atoms with Gasteiger partial charge in [0.05, 0.1) is 24.3 Å². The Morgan fingerprint density at radius 1 is 1.10 bits per heavy atom. The van der Waals surface area contributed by atoms with Crippen molar-refractivity contribution >= 4 is 28.6 Å². The summed E-state index contributed by atoms with van der Waals surface area (Å²) in [6.07, 6.45) is 1.09. The third-order valence-electron chi connectivity index (χ3n) is 7.88. The highest BCUT2D eigenvalue weighted by Crippen LogP contribution is 2.46. The molecule has 7 rings (SSSR count). The number of pyridine rings is 1. The summed E-state index contributed by atoms with van der Waals surface area (Å²) in [6, 6.07) is 12.5. The Labute approximate surface area is 238 Å². The van der Waals surface area contributed by atoms with Gasteiger partial charge >= 0.3 is 12.1 Å². The maximum Gasteiger partial charge on any atom is 0.417 e. The Hall–Kier alpha value is -4.38. The van der Waals surface area contributed by atoms with Gasteiger partial charge in [-0.05, 0) is 37.1 Å². The summed E-state index contributed by atoms with van der Waals surface area (Å²) in [5.41, 5.74) is 1.48. The molecule has 2 saturated heterocycles. The summed E-state index contributed by atoms with van der Waals surface area (Å²) in [7, 11) is 0. The molecule has 8 nitrogen and oxygen atoms in total. The van der Waals surface area contributed by atoms with Crippen LogP contribution in [0.4, 0.5) is 18.9 Å². The van der Waals surface area contributed by atoms with E-state index in [-0.39, 0.29) is 34.9 Å². The molecule has 11 heteroatoms. The summed E-state index contributed by atoms with van der Waals surface area (Å²) in [5.74, 6) is 0.315. The van der Waals surface area contributed by atoms with Crippen LogP contribution in [-0.2, 0) is 10.9 Å². The predicted molar refractivity (Wildman–Crippen MR) is 148 cm³/mol. The second kappa shape index (κ2) is 10.2. The van der Waals surface area contributed by atoms with Crippen molar-refractivity contribution in [2.75, 3.05) is 31.2 Å². The SMILES string of the molecule is O=C(O)c1cc(OC2COC2)c2cc(N3CC(/C=C/c4c(-c5ccccc5C(F)(F)F)noc4C4CC4)C3)ccc2n1. The van der Waals surface area contributed by atoms with Crippen LogP contribution >= 0.6 is 0 Å². The van der Waals surface area contributed by atoms with Crippen LogP contribution in [0.25, 0.3) is 28.2 Å². The van der Waals surface area contributed by atoms with Crippen LogP contribution in [0.15, 0.2) is 59.1 Å². The molecule has 2 aromatic heterocycles. The topological polar surface area (TPSA) is 97.9 Å². The van der Waals surface area contributed by atoms with E-state index >= 15 is 0 Å². The molecule has 2 aromatic carbocycles. The number of carboxylic acids is 1. The second-order valence-corrected chi connectivity index (χ2v) is 10.9. The molecule has 4 aromatic rings. The van der Waals surface area contributed by atoms with Crippen molar-refractivity contribution in [2.24, 2.45) is 5.92 Å². The maximum absolute atomic E-state index is 13.8. The van der Waals surface area contributed by atoms with Crippen molar-refractivity contribution in [1.82, 2.24) is 10.1 Å². The highest BCUT2D eigenvalue weighted by atomic mass is 19.4. The van der Waals surface area contributed by atoms with Gasteiger partial charge in [-0.1, -0.05) is 35.5 Å². The number of ether oxygens (including phenoxy) is 2. The van der Waals surface area contributed by atoms with E-state index in [4.69, 9.17) is 14.0 Å². The van der Waals surface area contributed by atoms with Gasteiger partial charge in [0.15, 0.2) is 5.69 Å². The molecule has 0 radical (unpaired) electrons. The fraction of sp³-hybridized carbons (Fsp3) is 0.323. The van der Waals surface area contributed by atoms with Gasteiger partial charge in [-0.25, -0.2) is 9.78 Å². The van der Waals surface area contributed by atoms with E-state index in [1.807, 2.05) is 24.3 Å². The molecule has 0 amide bonds. The quantitative estimate of drug-likeness (QED) is 0.257. The maximum atomic E-state index is 13.8. The number of hydrogen-bond donors (Lipinski definition) is 1. The van der Waals surface area contributed by atoms with E-state index in [2.05, 4.69) is 15.0 Å². The monoisotopic (exact) mass is 577 g/mol. The zero-order valence-electron chi connectivity index (χ0n) is 22.3. The molecule has 4 heterocycles. The first kappa shape index (κ1) is 26.5. The van der Waals surface area contributed by atoms with Crippen molar-refractivity contribution in [3.8, 4) is 17.0 Å². The number of carboxylic acid groups (broad SMARTS) is 1. The van der Waals surface area contributed by atoms with E-state index in [1.54, 1.807) is 12.1 Å². The van der Waals surface area contributed by atoms with Crippen LogP contribution < -0.4 is 9.64 Å². The Kier molecular flexibility index (Phi) is 6.41. The first-order chi connectivity index (χ1) is 20.2. The molecule has 0 spiro atoms. The molecule has 3 aliphatic rings. The van der Waals surface area contributed by atoms with Gasteiger partial charge in [0, 0.05) is 53.2 Å². The lowest BCUT2D eigenvalue weighted by Crippen LogP contribution is -2.45. The molecular weight excluding hydrogens is 551 g/mol. The Morgan fingerprint density at radius 3 is 2.57 bits per heavy atom. The van der Waals surface area contributed by atoms with Crippen molar-refractivity contribution in [3.63, 3.8) is 0 Å². The van der Waals surface area contributed by atoms with Crippen LogP contribution in [-0.4, -0.2) is 53.6 Å². The highest BCUT2D eigenvalue weighted by Gasteiger charge is 2.37. The standard InChI is InChI=1S/C31H26F3N3O5/c32-31(33,34)24-4-2-1-3-21(24)28-22(29(42-36-28)18-6-7-18)9-5-17-13-37(14-17)19-8-10-25-23(11-19)27(41-20-15-40-16-20)12-26(35-25)30(38)39/h1-5,8-12,17-18,20H,6-7,13-16H2,(H,38,39)/b9-5+. The van der Waals surface area contributed by atoms with Crippen LogP contribution in [0.5, 0.6) is 5.75 Å². The summed E-state index contributed by atoms with van der Waals surface area (Å²) in [6.45, 7) is 2.30. The zero-order valence-corrected chi connectivity index (χ0v) is 22.3. The first-order valence-electron chi connectivity index (χ1n) is 13.8. The minimum atomic E-state index is -4.51. The molecule has 0 unspecified atom stereocenters. The third-order valence-corrected chi connectivity index (χ3v) is 7.88. The molecule has 42 heavy (non-hydrogen) atoms. The molecule has 1 aliphatic carbocycles. The fourth-order valence-corrected chi connectivity index (χ4v) is 5.37. The van der Waals surface area contributed by atoms with Crippen LogP contribution in [0.1, 0.15) is 46.1 Å². The van der Waals surface area contributed by atoms with Crippen molar-refractivity contribution < 1.29 is 37.1 Å². The van der Waals surface area contributed by atoms with E-state index in [9.17, 15) is 23.1 Å². The largest absolute Gasteiger partial charge is 0.485 e. The normalized spacial score (nSPS) is 17.9. The minimum Gasteiger partial charge on any atom is -0.485 e. The van der Waals surface area contributed by atoms with Gasteiger partial charge < -0.3 is 24.0 Å². The molecule has 0 bridgehead atoms. The van der Waals surface area contributed by atoms with Crippen LogP contribution in [0.3, 0.4) is 0 Å². The van der Waals surface area contributed by atoms with Gasteiger partial charge in [0.2, 0.25) is 0 Å². The number of halogens is 3. The lowest BCUT2D eigenvalue weighted by atomic mass is 9.95. The number of anilines is 1. The molecule has 1 saturated carbocycles. The average Bonchev–Trinajstić information content (AvgIpc) is 3.68. The predicted octanol–water partition coefficient (Wildman–Crippen LogP) is 6.41. The number of rotatable bonds is 8. The van der Waals surface area contributed by atoms with Gasteiger partial charge in [-0.2, -0.15) is 13.2 Å². The number of aromatic nitrogens is 2. The lowest BCUT2D eigenvalue weighted by molar-refractivity contribution is -0.137. The Bertz CT molecular complexity index is 1700. The molecular formula is C31H26F3N3O5. The second-order valence-electron chi connectivity index (χ2n) is 10.9. The van der Waals surface area contributed by atoms with Gasteiger partial charge in [-0.3, -0.25) is 0 Å². The van der Waals surface area contributed by atoms with Gasteiger partial charge in [0.1, 0.15) is 23.3 Å². The summed E-state index contributed by atoms with van der Waals surface area (Å²) < 4.78 is 58.1. The average molecular weight is 578 g/mol. The van der Waals surface area contributed by atoms with Gasteiger partial charge in [-0.15, -0.1) is 0 Å². The summed E-state index contributed by atoms with van der Waals surface area (Å²) in [5, 5.41) is 14.3. The van der Waals surface area contributed by atoms with Gasteiger partial charge in [0.25, 0.3) is 0 Å². The highest BCUT2D eigenvalue weighted by molar-refractivity contribution is 5.94. The molecule has 216 valence electrons. The van der Waals surface area contributed by atoms with E-state index in [1.165, 1.54) is 18.2 Å². The number of carbonyl (C=O) groups is 1. The first-order valence-corrected chi connectivity index (χ1v) is 13.8. The Balaban J connectivity index is 1.12. The summed E-state index contributed by atoms with van der Waals surface area (Å²) >= 11 is 0. The van der Waals surface area contributed by atoms with Crippen molar-refractivity contribution in [3.05, 3.63) is 77.2 Å². The lowest BCUT2D eigenvalue weighted by Gasteiger charge is -2.40. The van der Waals surface area contributed by atoms with E-state index in [0.717, 1.165) is 30.0 Å². The van der Waals surface area contributed by atoms with E-state index < -0.39 is 17.7 Å². The number of fused-ring (bicyclic) bond motifs is 1.